The number of benzene rings is 2. The van der Waals surface area contributed by atoms with Crippen molar-refractivity contribution in [1.82, 2.24) is 14.8 Å². The van der Waals surface area contributed by atoms with Crippen LogP contribution in [0, 0.1) is 6.92 Å². The maximum Gasteiger partial charge on any atom is 0.410 e. The molecule has 0 unspecified atom stereocenters. The highest BCUT2D eigenvalue weighted by atomic mass is 35.5. The van der Waals surface area contributed by atoms with E-state index >= 15 is 0 Å². The summed E-state index contributed by atoms with van der Waals surface area (Å²) >= 11 is 7.80. The number of cyclic esters (lactones) is 1. The van der Waals surface area contributed by atoms with E-state index in [0.29, 0.717) is 17.4 Å². The Morgan fingerprint density at radius 1 is 1.09 bits per heavy atom. The molecule has 0 radical (unpaired) electrons. The largest absolute Gasteiger partial charge is 0.482 e. The van der Waals surface area contributed by atoms with Crippen LogP contribution in [0.1, 0.15) is 56.5 Å². The van der Waals surface area contributed by atoms with Gasteiger partial charge in [-0.1, -0.05) is 41.6 Å². The minimum Gasteiger partial charge on any atom is -0.482 e. The van der Waals surface area contributed by atoms with E-state index in [1.165, 1.54) is 5.56 Å². The molecule has 10 heteroatoms. The van der Waals surface area contributed by atoms with Crippen LogP contribution >= 0.6 is 23.4 Å². The predicted octanol–water partition coefficient (Wildman–Crippen LogP) is 7.07. The minimum atomic E-state index is -0.536. The molecule has 2 aromatic carbocycles. The first-order valence-electron chi connectivity index (χ1n) is 14.6. The number of halogens is 1. The van der Waals surface area contributed by atoms with Crippen LogP contribution in [0.25, 0.3) is 0 Å². The third kappa shape index (κ3) is 8.43. The second-order valence-corrected chi connectivity index (χ2v) is 13.4. The summed E-state index contributed by atoms with van der Waals surface area (Å²) in [6.07, 6.45) is 1.55. The van der Waals surface area contributed by atoms with E-state index in [2.05, 4.69) is 24.0 Å². The highest BCUT2D eigenvalue weighted by Crippen LogP contribution is 2.34. The third-order valence-corrected chi connectivity index (χ3v) is 8.66. The number of amides is 1. The maximum atomic E-state index is 12.7. The van der Waals surface area contributed by atoms with E-state index in [4.69, 9.17) is 30.8 Å². The average Bonchev–Trinajstić information content (AvgIpc) is 3.35. The van der Waals surface area contributed by atoms with Crippen molar-refractivity contribution in [3.63, 3.8) is 0 Å². The first-order chi connectivity index (χ1) is 20.5. The van der Waals surface area contributed by atoms with Gasteiger partial charge in [-0.2, -0.15) is 0 Å². The number of hydrogen-bond acceptors (Lipinski definition) is 8. The summed E-state index contributed by atoms with van der Waals surface area (Å²) in [4.78, 5) is 34.8. The molecule has 3 heterocycles. The average molecular weight is 624 g/mol. The number of carbonyl (C=O) groups is 2. The summed E-state index contributed by atoms with van der Waals surface area (Å²) < 4.78 is 16.3. The van der Waals surface area contributed by atoms with Gasteiger partial charge in [0.1, 0.15) is 23.0 Å². The molecule has 0 bridgehead atoms. The van der Waals surface area contributed by atoms with Crippen molar-refractivity contribution in [1.29, 1.82) is 0 Å². The fourth-order valence-corrected chi connectivity index (χ4v) is 6.46. The van der Waals surface area contributed by atoms with Crippen LogP contribution in [0.4, 0.5) is 4.79 Å². The van der Waals surface area contributed by atoms with Gasteiger partial charge < -0.3 is 14.2 Å². The normalized spacial score (nSPS) is 18.0. The van der Waals surface area contributed by atoms with Crippen molar-refractivity contribution in [3.05, 3.63) is 82.5 Å². The lowest BCUT2D eigenvalue weighted by Gasteiger charge is -2.38. The molecule has 1 amide bonds. The van der Waals surface area contributed by atoms with Crippen molar-refractivity contribution in [2.75, 3.05) is 26.3 Å². The zero-order chi connectivity index (χ0) is 30.6. The Morgan fingerprint density at radius 3 is 2.51 bits per heavy atom. The van der Waals surface area contributed by atoms with Crippen molar-refractivity contribution >= 4 is 35.4 Å². The van der Waals surface area contributed by atoms with Gasteiger partial charge in [0, 0.05) is 41.3 Å². The van der Waals surface area contributed by atoms with Crippen LogP contribution in [-0.4, -0.2) is 64.8 Å². The summed E-state index contributed by atoms with van der Waals surface area (Å²) in [5, 5.41) is 1.58. The monoisotopic (exact) mass is 623 g/mol. The molecule has 2 aliphatic rings. The molecule has 43 heavy (non-hydrogen) atoms. The maximum absolute atomic E-state index is 12.7. The SMILES string of the molecule is Cc1nc(Sc2ccc(OCC(=O)OC(C)(C)C)cc2)ccc1CN1CCC(N2C(=O)OC[C@H]2c2cccc(Cl)c2)CC1. The molecule has 228 valence electrons. The van der Waals surface area contributed by atoms with Gasteiger partial charge in [-0.25, -0.2) is 14.6 Å². The van der Waals surface area contributed by atoms with E-state index in [1.54, 1.807) is 11.8 Å². The summed E-state index contributed by atoms with van der Waals surface area (Å²) in [5.41, 5.74) is 2.69. The number of aryl methyl sites for hydroxylation is 1. The lowest BCUT2D eigenvalue weighted by atomic mass is 9.98. The lowest BCUT2D eigenvalue weighted by molar-refractivity contribution is -0.157. The standard InChI is InChI=1S/C33H38ClN3O5S/c1-22-24(8-13-30(35-22)43-28-11-9-27(10-12-28)40-21-31(38)42-33(2,3)4)19-36-16-14-26(15-17-36)37-29(20-41-32(37)39)23-6-5-7-25(34)18-23/h5-13,18,26,29H,14-17,19-21H2,1-4H3/t29-/m0/s1. The molecule has 0 saturated carbocycles. The molecule has 0 N–H and O–H groups in total. The Kier molecular flexibility index (Phi) is 9.84. The van der Waals surface area contributed by atoms with Gasteiger partial charge >= 0.3 is 12.1 Å². The van der Waals surface area contributed by atoms with E-state index in [1.807, 2.05) is 74.2 Å². The molecular weight excluding hydrogens is 586 g/mol. The molecule has 0 spiro atoms. The van der Waals surface area contributed by atoms with E-state index < -0.39 is 11.6 Å². The summed E-state index contributed by atoms with van der Waals surface area (Å²) in [6.45, 7) is 10.4. The Balaban J connectivity index is 1.11. The summed E-state index contributed by atoms with van der Waals surface area (Å²) in [5.74, 6) is 0.217. The van der Waals surface area contributed by atoms with Crippen LogP contribution in [0.15, 0.2) is 70.6 Å². The first kappa shape index (κ1) is 31.2. The first-order valence-corrected chi connectivity index (χ1v) is 15.8. The molecule has 5 rings (SSSR count). The molecule has 8 nitrogen and oxygen atoms in total. The van der Waals surface area contributed by atoms with E-state index in [-0.39, 0.29) is 24.8 Å². The van der Waals surface area contributed by atoms with Crippen LogP contribution < -0.4 is 4.74 Å². The van der Waals surface area contributed by atoms with Crippen molar-refractivity contribution in [2.45, 2.75) is 74.7 Å². The molecule has 1 aromatic heterocycles. The van der Waals surface area contributed by atoms with Gasteiger partial charge in [-0.3, -0.25) is 9.80 Å². The second kappa shape index (κ2) is 13.6. The topological polar surface area (TPSA) is 81.2 Å². The number of carbonyl (C=O) groups excluding carboxylic acids is 2. The van der Waals surface area contributed by atoms with Crippen LogP contribution in [0.2, 0.25) is 5.02 Å². The number of ether oxygens (including phenoxy) is 3. The smallest absolute Gasteiger partial charge is 0.410 e. The number of pyridine rings is 1. The molecule has 2 fully saturated rings. The van der Waals surface area contributed by atoms with Gasteiger partial charge in [-0.05, 0) is 94.1 Å². The zero-order valence-corrected chi connectivity index (χ0v) is 26.6. The Bertz CT molecular complexity index is 1440. The molecular formula is C33H38ClN3O5S. The number of aromatic nitrogens is 1. The van der Waals surface area contributed by atoms with Crippen LogP contribution in [-0.2, 0) is 20.8 Å². The van der Waals surface area contributed by atoms with Crippen LogP contribution in [0.3, 0.4) is 0 Å². The summed E-state index contributed by atoms with van der Waals surface area (Å²) in [6, 6.07) is 19.6. The van der Waals surface area contributed by atoms with E-state index in [0.717, 1.165) is 53.7 Å². The van der Waals surface area contributed by atoms with Crippen molar-refractivity contribution < 1.29 is 23.8 Å². The highest BCUT2D eigenvalue weighted by Gasteiger charge is 2.40. The van der Waals surface area contributed by atoms with Gasteiger partial charge in [0.05, 0.1) is 6.04 Å². The molecule has 2 aliphatic heterocycles. The number of hydrogen-bond donors (Lipinski definition) is 0. The van der Waals surface area contributed by atoms with Crippen LogP contribution in [0.5, 0.6) is 5.75 Å². The molecule has 1 atom stereocenters. The Hall–Kier alpha value is -3.27. The van der Waals surface area contributed by atoms with Gasteiger partial charge in [0.2, 0.25) is 0 Å². The summed E-state index contributed by atoms with van der Waals surface area (Å²) in [7, 11) is 0. The number of esters is 1. The molecule has 0 aliphatic carbocycles. The minimum absolute atomic E-state index is 0.0970. The number of nitrogens with zero attached hydrogens (tertiary/aromatic N) is 3. The Morgan fingerprint density at radius 2 is 1.84 bits per heavy atom. The van der Waals surface area contributed by atoms with E-state index in [9.17, 15) is 9.59 Å². The molecule has 3 aromatic rings. The van der Waals surface area contributed by atoms with Crippen molar-refractivity contribution in [2.24, 2.45) is 0 Å². The number of rotatable bonds is 9. The van der Waals surface area contributed by atoms with Gasteiger partial charge in [0.15, 0.2) is 6.61 Å². The Labute approximate surface area is 262 Å². The molecule has 2 saturated heterocycles. The number of piperidine rings is 1. The fraction of sp³-hybridized carbons (Fsp3) is 0.424. The lowest BCUT2D eigenvalue weighted by Crippen LogP contribution is -2.46. The fourth-order valence-electron chi connectivity index (χ4n) is 5.43. The zero-order valence-electron chi connectivity index (χ0n) is 25.0. The van der Waals surface area contributed by atoms with Gasteiger partial charge in [-0.15, -0.1) is 0 Å². The second-order valence-electron chi connectivity index (χ2n) is 11.9. The predicted molar refractivity (Wildman–Crippen MR) is 167 cm³/mol. The highest BCUT2D eigenvalue weighted by molar-refractivity contribution is 7.99. The van der Waals surface area contributed by atoms with Crippen molar-refractivity contribution in [3.8, 4) is 5.75 Å². The number of likely N-dealkylation sites (tertiary alicyclic amines) is 1. The van der Waals surface area contributed by atoms with Gasteiger partial charge in [0.25, 0.3) is 0 Å². The quantitative estimate of drug-likeness (QED) is 0.234. The third-order valence-electron chi connectivity index (χ3n) is 7.48.